The van der Waals surface area contributed by atoms with Crippen LogP contribution < -0.4 is 0 Å². The van der Waals surface area contributed by atoms with Gasteiger partial charge in [0.1, 0.15) is 0 Å². The molecule has 0 amide bonds. The molecule has 6 nitrogen and oxygen atoms in total. The predicted octanol–water partition coefficient (Wildman–Crippen LogP) is 2.77. The summed E-state index contributed by atoms with van der Waals surface area (Å²) in [5.41, 5.74) is 2.56. The molecule has 0 spiro atoms. The van der Waals surface area contributed by atoms with Crippen LogP contribution in [-0.2, 0) is 4.74 Å². The van der Waals surface area contributed by atoms with Crippen molar-refractivity contribution in [3.05, 3.63) is 41.9 Å². The fourth-order valence-corrected chi connectivity index (χ4v) is 2.10. The number of esters is 1. The standard InChI is InChI=1S/C15H13N3O3/c1-3-20-15(19)13-17-14(21-18-13)11-7-6-9(2)10-5-4-8-16-12(10)11/h4-8H,3H2,1-2H3. The molecule has 0 N–H and O–H groups in total. The summed E-state index contributed by atoms with van der Waals surface area (Å²) in [7, 11) is 0. The first-order chi connectivity index (χ1) is 10.2. The third-order valence-electron chi connectivity index (χ3n) is 3.10. The number of nitrogens with zero attached hydrogens (tertiary/aromatic N) is 3. The Morgan fingerprint density at radius 3 is 3.00 bits per heavy atom. The van der Waals surface area contributed by atoms with Gasteiger partial charge in [0, 0.05) is 11.6 Å². The Bertz CT molecular complexity index is 811. The number of pyridine rings is 1. The number of hydrogen-bond donors (Lipinski definition) is 0. The zero-order valence-corrected chi connectivity index (χ0v) is 11.7. The summed E-state index contributed by atoms with van der Waals surface area (Å²) in [5, 5.41) is 4.66. The van der Waals surface area contributed by atoms with Crippen molar-refractivity contribution >= 4 is 16.9 Å². The first kappa shape index (κ1) is 13.2. The summed E-state index contributed by atoms with van der Waals surface area (Å²) in [4.78, 5) is 20.0. The fourth-order valence-electron chi connectivity index (χ4n) is 2.10. The van der Waals surface area contributed by atoms with Crippen LogP contribution in [0.5, 0.6) is 0 Å². The number of aromatic nitrogens is 3. The Labute approximate surface area is 120 Å². The fraction of sp³-hybridized carbons (Fsp3) is 0.200. The molecule has 0 aliphatic rings. The molecule has 21 heavy (non-hydrogen) atoms. The minimum atomic E-state index is -0.600. The molecule has 2 aromatic heterocycles. The van der Waals surface area contributed by atoms with Crippen molar-refractivity contribution in [3.63, 3.8) is 0 Å². The van der Waals surface area contributed by atoms with Crippen LogP contribution in [0.1, 0.15) is 23.1 Å². The minimum Gasteiger partial charge on any atom is -0.460 e. The molecule has 0 bridgehead atoms. The van der Waals surface area contributed by atoms with Crippen LogP contribution in [0.4, 0.5) is 0 Å². The lowest BCUT2D eigenvalue weighted by Gasteiger charge is -2.04. The van der Waals surface area contributed by atoms with Crippen LogP contribution in [0.15, 0.2) is 35.0 Å². The minimum absolute atomic E-state index is 0.0866. The summed E-state index contributed by atoms with van der Waals surface area (Å²) in [6.45, 7) is 3.99. The van der Waals surface area contributed by atoms with Gasteiger partial charge >= 0.3 is 5.97 Å². The van der Waals surface area contributed by atoms with Gasteiger partial charge in [0.2, 0.25) is 0 Å². The van der Waals surface area contributed by atoms with Crippen LogP contribution >= 0.6 is 0 Å². The Morgan fingerprint density at radius 1 is 1.33 bits per heavy atom. The molecule has 0 saturated carbocycles. The monoisotopic (exact) mass is 283 g/mol. The third-order valence-corrected chi connectivity index (χ3v) is 3.10. The number of ether oxygens (including phenoxy) is 1. The van der Waals surface area contributed by atoms with Crippen molar-refractivity contribution < 1.29 is 14.1 Å². The third kappa shape index (κ3) is 2.35. The maximum atomic E-state index is 11.6. The van der Waals surface area contributed by atoms with Gasteiger partial charge in [0.15, 0.2) is 0 Å². The van der Waals surface area contributed by atoms with E-state index < -0.39 is 5.97 Å². The molecule has 3 aromatic rings. The highest BCUT2D eigenvalue weighted by atomic mass is 16.5. The van der Waals surface area contributed by atoms with E-state index in [2.05, 4.69) is 15.1 Å². The van der Waals surface area contributed by atoms with Crippen LogP contribution in [0.2, 0.25) is 0 Å². The van der Waals surface area contributed by atoms with Gasteiger partial charge in [-0.2, -0.15) is 4.98 Å². The van der Waals surface area contributed by atoms with Crippen molar-refractivity contribution in [2.75, 3.05) is 6.61 Å². The Kier molecular flexibility index (Phi) is 3.35. The molecule has 0 radical (unpaired) electrons. The molecule has 0 fully saturated rings. The lowest BCUT2D eigenvalue weighted by atomic mass is 10.0. The SMILES string of the molecule is CCOC(=O)c1noc(-c2ccc(C)c3cccnc23)n1. The number of benzene rings is 1. The molecule has 2 heterocycles. The Hall–Kier alpha value is -2.76. The van der Waals surface area contributed by atoms with Crippen molar-refractivity contribution in [3.8, 4) is 11.5 Å². The highest BCUT2D eigenvalue weighted by Crippen LogP contribution is 2.27. The second-order valence-electron chi connectivity index (χ2n) is 4.47. The smallest absolute Gasteiger partial charge is 0.379 e. The van der Waals surface area contributed by atoms with Crippen LogP contribution in [-0.4, -0.2) is 27.7 Å². The maximum Gasteiger partial charge on any atom is 0.379 e. The number of carbonyl (C=O) groups excluding carboxylic acids is 1. The van der Waals surface area contributed by atoms with Gasteiger partial charge in [-0.25, -0.2) is 4.79 Å². The van der Waals surface area contributed by atoms with Crippen LogP contribution in [0.3, 0.4) is 0 Å². The van der Waals surface area contributed by atoms with Crippen LogP contribution in [0, 0.1) is 6.92 Å². The molecule has 1 aromatic carbocycles. The quantitative estimate of drug-likeness (QED) is 0.688. The van der Waals surface area contributed by atoms with Gasteiger partial charge in [0.05, 0.1) is 17.7 Å². The summed E-state index contributed by atoms with van der Waals surface area (Å²) in [5.74, 6) is -0.435. The average molecular weight is 283 g/mol. The number of rotatable bonds is 3. The van der Waals surface area contributed by atoms with Gasteiger partial charge in [-0.1, -0.05) is 12.1 Å². The summed E-state index contributed by atoms with van der Waals surface area (Å²) < 4.78 is 10.0. The van der Waals surface area contributed by atoms with Crippen molar-refractivity contribution in [1.29, 1.82) is 0 Å². The van der Waals surface area contributed by atoms with E-state index in [1.54, 1.807) is 13.1 Å². The summed E-state index contributed by atoms with van der Waals surface area (Å²) in [6, 6.07) is 7.65. The van der Waals surface area contributed by atoms with Crippen molar-refractivity contribution in [2.45, 2.75) is 13.8 Å². The number of hydrogen-bond acceptors (Lipinski definition) is 6. The molecule has 0 aliphatic heterocycles. The van der Waals surface area contributed by atoms with E-state index in [4.69, 9.17) is 9.26 Å². The van der Waals surface area contributed by atoms with E-state index in [0.29, 0.717) is 5.56 Å². The zero-order chi connectivity index (χ0) is 14.8. The second kappa shape index (κ2) is 5.32. The molecule has 0 atom stereocenters. The Morgan fingerprint density at radius 2 is 2.19 bits per heavy atom. The number of aryl methyl sites for hydroxylation is 1. The van der Waals surface area contributed by atoms with Crippen LogP contribution in [0.25, 0.3) is 22.4 Å². The van der Waals surface area contributed by atoms with E-state index in [0.717, 1.165) is 16.5 Å². The summed E-state index contributed by atoms with van der Waals surface area (Å²) >= 11 is 0. The molecule has 3 rings (SSSR count). The second-order valence-corrected chi connectivity index (χ2v) is 4.47. The molecular formula is C15H13N3O3. The van der Waals surface area contributed by atoms with E-state index >= 15 is 0 Å². The van der Waals surface area contributed by atoms with Gasteiger partial charge in [0.25, 0.3) is 11.7 Å². The van der Waals surface area contributed by atoms with E-state index in [1.165, 1.54) is 0 Å². The largest absolute Gasteiger partial charge is 0.460 e. The Balaban J connectivity index is 2.09. The number of carbonyl (C=O) groups is 1. The normalized spacial score (nSPS) is 10.8. The van der Waals surface area contributed by atoms with Gasteiger partial charge in [-0.05, 0) is 36.7 Å². The van der Waals surface area contributed by atoms with Gasteiger partial charge < -0.3 is 9.26 Å². The highest BCUT2D eigenvalue weighted by Gasteiger charge is 2.18. The lowest BCUT2D eigenvalue weighted by molar-refractivity contribution is 0.0508. The molecule has 0 aliphatic carbocycles. The van der Waals surface area contributed by atoms with Gasteiger partial charge in [-0.15, -0.1) is 0 Å². The van der Waals surface area contributed by atoms with Crippen molar-refractivity contribution in [2.24, 2.45) is 0 Å². The van der Waals surface area contributed by atoms with E-state index in [9.17, 15) is 4.79 Å². The predicted molar refractivity (Wildman–Crippen MR) is 75.7 cm³/mol. The van der Waals surface area contributed by atoms with Gasteiger partial charge in [-0.3, -0.25) is 4.98 Å². The topological polar surface area (TPSA) is 78.1 Å². The first-order valence-electron chi connectivity index (χ1n) is 6.56. The van der Waals surface area contributed by atoms with Crippen molar-refractivity contribution in [1.82, 2.24) is 15.1 Å². The number of fused-ring (bicyclic) bond motifs is 1. The average Bonchev–Trinajstić information content (AvgIpc) is 2.98. The molecule has 0 unspecified atom stereocenters. The van der Waals surface area contributed by atoms with E-state index in [1.807, 2.05) is 31.2 Å². The molecule has 6 heteroatoms. The molecular weight excluding hydrogens is 270 g/mol. The molecule has 106 valence electrons. The first-order valence-corrected chi connectivity index (χ1v) is 6.56. The maximum absolute atomic E-state index is 11.6. The lowest BCUT2D eigenvalue weighted by Crippen LogP contribution is -2.06. The molecule has 0 saturated heterocycles. The van der Waals surface area contributed by atoms with E-state index in [-0.39, 0.29) is 18.3 Å². The highest BCUT2D eigenvalue weighted by molar-refractivity contribution is 5.94. The summed E-state index contributed by atoms with van der Waals surface area (Å²) in [6.07, 6.45) is 1.70. The zero-order valence-electron chi connectivity index (χ0n) is 11.7.